The molecule has 0 fully saturated rings. The summed E-state index contributed by atoms with van der Waals surface area (Å²) in [6, 6.07) is 22.6. The number of hydrogen-bond donors (Lipinski definition) is 2. The Morgan fingerprint density at radius 1 is 0.970 bits per heavy atom. The molecule has 0 aliphatic rings. The van der Waals surface area contributed by atoms with E-state index in [2.05, 4.69) is 15.6 Å². The van der Waals surface area contributed by atoms with Crippen LogP contribution in [0.15, 0.2) is 72.8 Å². The number of amides is 2. The van der Waals surface area contributed by atoms with Crippen molar-refractivity contribution in [2.45, 2.75) is 26.5 Å². The van der Waals surface area contributed by atoms with Crippen LogP contribution in [-0.4, -0.2) is 16.8 Å². The van der Waals surface area contributed by atoms with Gasteiger partial charge in [0.15, 0.2) is 5.13 Å². The topological polar surface area (TPSA) is 80.3 Å². The van der Waals surface area contributed by atoms with Gasteiger partial charge in [0.2, 0.25) is 12.0 Å². The summed E-state index contributed by atoms with van der Waals surface area (Å²) in [6.07, 6.45) is -0.813. The maximum Gasteiger partial charge on any atom is 0.271 e. The maximum atomic E-state index is 13.2. The van der Waals surface area contributed by atoms with E-state index in [4.69, 9.17) is 4.74 Å². The van der Waals surface area contributed by atoms with Crippen molar-refractivity contribution < 1.29 is 14.3 Å². The third kappa shape index (κ3) is 5.85. The van der Waals surface area contributed by atoms with Gasteiger partial charge in [0.05, 0.1) is 17.1 Å². The molecule has 1 unspecified atom stereocenters. The second kappa shape index (κ2) is 10.4. The molecule has 1 atom stereocenters. The standard InChI is InChI=1S/C25H23N3O3S2/c1-16-22(21-14-13-20(33-21)15-26-17(2)29)27-25(32-16)28-24(30)23(18-9-5-3-6-10-18)31-19-11-7-4-8-12-19/h3-14,23H,15H2,1-2H3,(H,26,29)(H,27,28,30). The highest BCUT2D eigenvalue weighted by Crippen LogP contribution is 2.35. The largest absolute Gasteiger partial charge is 0.476 e. The number of aryl methyl sites for hydroxylation is 1. The average molecular weight is 478 g/mol. The Morgan fingerprint density at radius 2 is 1.67 bits per heavy atom. The summed E-state index contributed by atoms with van der Waals surface area (Å²) >= 11 is 2.99. The van der Waals surface area contributed by atoms with Crippen LogP contribution in [0, 0.1) is 6.92 Å². The van der Waals surface area contributed by atoms with Gasteiger partial charge >= 0.3 is 0 Å². The van der Waals surface area contributed by atoms with Crippen molar-refractivity contribution in [3.63, 3.8) is 0 Å². The number of aromatic nitrogens is 1. The van der Waals surface area contributed by atoms with Crippen molar-refractivity contribution >= 4 is 39.6 Å². The van der Waals surface area contributed by atoms with Crippen LogP contribution < -0.4 is 15.4 Å². The maximum absolute atomic E-state index is 13.2. The van der Waals surface area contributed by atoms with E-state index < -0.39 is 6.10 Å². The minimum Gasteiger partial charge on any atom is -0.476 e. The Labute approximate surface area is 200 Å². The van der Waals surface area contributed by atoms with Gasteiger partial charge in [0, 0.05) is 22.2 Å². The van der Waals surface area contributed by atoms with Gasteiger partial charge in [-0.15, -0.1) is 22.7 Å². The fourth-order valence-electron chi connectivity index (χ4n) is 3.20. The number of anilines is 1. The fourth-order valence-corrected chi connectivity index (χ4v) is 5.09. The van der Waals surface area contributed by atoms with Crippen LogP contribution in [0.3, 0.4) is 0 Å². The van der Waals surface area contributed by atoms with Gasteiger partial charge in [-0.25, -0.2) is 4.98 Å². The van der Waals surface area contributed by atoms with Gasteiger partial charge in [-0.2, -0.15) is 0 Å². The first kappa shape index (κ1) is 22.7. The predicted molar refractivity (Wildman–Crippen MR) is 133 cm³/mol. The molecule has 0 aliphatic heterocycles. The van der Waals surface area contributed by atoms with Crippen LogP contribution in [0.4, 0.5) is 5.13 Å². The number of nitrogens with zero attached hydrogens (tertiary/aromatic N) is 1. The molecule has 0 bridgehead atoms. The van der Waals surface area contributed by atoms with Crippen molar-refractivity contribution in [3.8, 4) is 16.3 Å². The molecule has 2 aromatic heterocycles. The SMILES string of the molecule is CC(=O)NCc1ccc(-c2nc(NC(=O)C(Oc3ccccc3)c3ccccc3)sc2C)s1. The van der Waals surface area contributed by atoms with E-state index in [-0.39, 0.29) is 11.8 Å². The number of carbonyl (C=O) groups is 2. The second-order valence-electron chi connectivity index (χ2n) is 7.31. The van der Waals surface area contributed by atoms with Crippen LogP contribution >= 0.6 is 22.7 Å². The highest BCUT2D eigenvalue weighted by molar-refractivity contribution is 7.18. The molecule has 4 aromatic rings. The minimum atomic E-state index is -0.813. The van der Waals surface area contributed by atoms with Gasteiger partial charge in [-0.05, 0) is 31.2 Å². The van der Waals surface area contributed by atoms with Gasteiger partial charge in [-0.3, -0.25) is 14.9 Å². The quantitative estimate of drug-likeness (QED) is 0.347. The number of thiazole rings is 1. The Hall–Kier alpha value is -3.49. The molecule has 0 spiro atoms. The van der Waals surface area contributed by atoms with Crippen molar-refractivity contribution in [2.24, 2.45) is 0 Å². The first-order valence-corrected chi connectivity index (χ1v) is 12.0. The Kier molecular flexibility index (Phi) is 7.16. The van der Waals surface area contributed by atoms with Crippen LogP contribution in [-0.2, 0) is 16.1 Å². The minimum absolute atomic E-state index is 0.0644. The Bertz CT molecular complexity index is 1240. The van der Waals surface area contributed by atoms with E-state index in [0.29, 0.717) is 17.4 Å². The first-order valence-electron chi connectivity index (χ1n) is 10.4. The average Bonchev–Trinajstić information content (AvgIpc) is 3.43. The monoisotopic (exact) mass is 477 g/mol. The number of rotatable bonds is 8. The number of nitrogens with one attached hydrogen (secondary N) is 2. The number of hydrogen-bond acceptors (Lipinski definition) is 6. The fraction of sp³-hybridized carbons (Fsp3) is 0.160. The smallest absolute Gasteiger partial charge is 0.271 e. The lowest BCUT2D eigenvalue weighted by Crippen LogP contribution is -2.25. The predicted octanol–water partition coefficient (Wildman–Crippen LogP) is 5.57. The number of ether oxygens (including phenoxy) is 1. The molecule has 2 amide bonds. The van der Waals surface area contributed by atoms with Crippen molar-refractivity contribution in [3.05, 3.63) is 88.1 Å². The van der Waals surface area contributed by atoms with Crippen LogP contribution in [0.5, 0.6) is 5.75 Å². The first-order chi connectivity index (χ1) is 16.0. The van der Waals surface area contributed by atoms with Crippen LogP contribution in [0.25, 0.3) is 10.6 Å². The lowest BCUT2D eigenvalue weighted by atomic mass is 10.1. The Balaban J connectivity index is 1.52. The number of thiophene rings is 1. The molecular formula is C25H23N3O3S2. The van der Waals surface area contributed by atoms with E-state index in [0.717, 1.165) is 25.9 Å². The van der Waals surface area contributed by atoms with Crippen LogP contribution in [0.1, 0.15) is 28.3 Å². The molecule has 0 aliphatic carbocycles. The number of carbonyl (C=O) groups excluding carboxylic acids is 2. The molecule has 168 valence electrons. The van der Waals surface area contributed by atoms with Gasteiger partial charge in [0.1, 0.15) is 5.75 Å². The van der Waals surface area contributed by atoms with Crippen LogP contribution in [0.2, 0.25) is 0 Å². The summed E-state index contributed by atoms with van der Waals surface area (Å²) in [7, 11) is 0. The summed E-state index contributed by atoms with van der Waals surface area (Å²) in [5.41, 5.74) is 1.59. The zero-order valence-corrected chi connectivity index (χ0v) is 19.8. The van der Waals surface area contributed by atoms with E-state index >= 15 is 0 Å². The summed E-state index contributed by atoms with van der Waals surface area (Å²) in [4.78, 5) is 32.1. The van der Waals surface area contributed by atoms with E-state index in [1.807, 2.05) is 79.7 Å². The molecule has 0 saturated carbocycles. The number of benzene rings is 2. The Morgan fingerprint density at radius 3 is 2.36 bits per heavy atom. The highest BCUT2D eigenvalue weighted by Gasteiger charge is 2.24. The summed E-state index contributed by atoms with van der Waals surface area (Å²) in [6.45, 7) is 3.96. The molecule has 6 nitrogen and oxygen atoms in total. The summed E-state index contributed by atoms with van der Waals surface area (Å²) < 4.78 is 6.04. The van der Waals surface area contributed by atoms with Crippen molar-refractivity contribution in [1.82, 2.24) is 10.3 Å². The summed E-state index contributed by atoms with van der Waals surface area (Å²) in [5.74, 6) is 0.260. The highest BCUT2D eigenvalue weighted by atomic mass is 32.1. The molecule has 0 saturated heterocycles. The second-order valence-corrected chi connectivity index (χ2v) is 9.68. The molecule has 0 radical (unpaired) electrons. The van der Waals surface area contributed by atoms with Gasteiger partial charge in [0.25, 0.3) is 5.91 Å². The zero-order valence-electron chi connectivity index (χ0n) is 18.2. The lowest BCUT2D eigenvalue weighted by Gasteiger charge is -2.18. The lowest BCUT2D eigenvalue weighted by molar-refractivity contribution is -0.123. The van der Waals surface area contributed by atoms with Crippen molar-refractivity contribution in [1.29, 1.82) is 0 Å². The zero-order chi connectivity index (χ0) is 23.2. The molecule has 8 heteroatoms. The van der Waals surface area contributed by atoms with E-state index in [1.54, 1.807) is 11.3 Å². The third-order valence-corrected chi connectivity index (χ3v) is 6.75. The number of para-hydroxylation sites is 1. The normalized spacial score (nSPS) is 11.6. The summed E-state index contributed by atoms with van der Waals surface area (Å²) in [5, 5.41) is 6.25. The molecule has 2 heterocycles. The molecular weight excluding hydrogens is 454 g/mol. The van der Waals surface area contributed by atoms with E-state index in [1.165, 1.54) is 18.3 Å². The van der Waals surface area contributed by atoms with Gasteiger partial charge in [-0.1, -0.05) is 48.5 Å². The third-order valence-electron chi connectivity index (χ3n) is 4.77. The van der Waals surface area contributed by atoms with Crippen molar-refractivity contribution in [2.75, 3.05) is 5.32 Å². The molecule has 2 N–H and O–H groups in total. The molecule has 2 aromatic carbocycles. The molecule has 33 heavy (non-hydrogen) atoms. The molecule has 4 rings (SSSR count). The van der Waals surface area contributed by atoms with E-state index in [9.17, 15) is 9.59 Å². The van der Waals surface area contributed by atoms with Gasteiger partial charge < -0.3 is 10.1 Å².